The second kappa shape index (κ2) is 9.98. The van der Waals surface area contributed by atoms with Crippen molar-refractivity contribution < 1.29 is 19.1 Å². The van der Waals surface area contributed by atoms with Crippen LogP contribution < -0.4 is 4.74 Å². The molecule has 0 spiro atoms. The third-order valence-corrected chi connectivity index (χ3v) is 3.76. The van der Waals surface area contributed by atoms with E-state index >= 15 is 0 Å². The molecule has 2 rings (SSSR count). The van der Waals surface area contributed by atoms with Gasteiger partial charge in [-0.05, 0) is 41.5 Å². The van der Waals surface area contributed by atoms with E-state index in [0.29, 0.717) is 6.54 Å². The van der Waals surface area contributed by atoms with Gasteiger partial charge in [-0.25, -0.2) is 0 Å². The standard InChI is InChI=1S/C20H22N2O4/c1-25-18-5-3-4-16(14-18)6-7-19(23)22(13-10-20(24)26-2)15-17-8-11-21-12-9-17/h3-9,11-12,14H,10,13,15H2,1-2H3/b7-6+. The van der Waals surface area contributed by atoms with Gasteiger partial charge in [-0.3, -0.25) is 14.6 Å². The Bertz CT molecular complexity index is 759. The number of hydrogen-bond acceptors (Lipinski definition) is 5. The maximum atomic E-state index is 12.6. The number of carbonyl (C=O) groups excluding carboxylic acids is 2. The van der Waals surface area contributed by atoms with Gasteiger partial charge in [0.25, 0.3) is 0 Å². The summed E-state index contributed by atoms with van der Waals surface area (Å²) in [7, 11) is 2.93. The zero-order chi connectivity index (χ0) is 18.8. The largest absolute Gasteiger partial charge is 0.497 e. The summed E-state index contributed by atoms with van der Waals surface area (Å²) in [4.78, 5) is 29.6. The van der Waals surface area contributed by atoms with Gasteiger partial charge in [0.1, 0.15) is 5.75 Å². The predicted octanol–water partition coefficient (Wildman–Crippen LogP) is 2.70. The molecule has 0 fully saturated rings. The van der Waals surface area contributed by atoms with E-state index in [0.717, 1.165) is 16.9 Å². The monoisotopic (exact) mass is 354 g/mol. The van der Waals surface area contributed by atoms with E-state index in [2.05, 4.69) is 9.72 Å². The molecule has 0 aliphatic carbocycles. The molecule has 136 valence electrons. The minimum Gasteiger partial charge on any atom is -0.497 e. The number of amides is 1. The van der Waals surface area contributed by atoms with E-state index < -0.39 is 0 Å². The first kappa shape index (κ1) is 19.2. The fourth-order valence-electron chi connectivity index (χ4n) is 2.32. The summed E-state index contributed by atoms with van der Waals surface area (Å²) in [5.41, 5.74) is 1.79. The minimum atomic E-state index is -0.352. The number of pyridine rings is 1. The lowest BCUT2D eigenvalue weighted by Crippen LogP contribution is -2.31. The van der Waals surface area contributed by atoms with E-state index in [1.807, 2.05) is 36.4 Å². The molecule has 0 radical (unpaired) electrons. The Morgan fingerprint density at radius 3 is 2.62 bits per heavy atom. The van der Waals surface area contributed by atoms with Gasteiger partial charge in [0.2, 0.25) is 5.91 Å². The summed E-state index contributed by atoms with van der Waals surface area (Å²) in [6.45, 7) is 0.664. The Labute approximate surface area is 153 Å². The lowest BCUT2D eigenvalue weighted by atomic mass is 10.2. The predicted molar refractivity (Wildman–Crippen MR) is 98.3 cm³/mol. The van der Waals surface area contributed by atoms with Gasteiger partial charge in [0.05, 0.1) is 20.6 Å². The lowest BCUT2D eigenvalue weighted by molar-refractivity contribution is -0.141. The van der Waals surface area contributed by atoms with Crippen molar-refractivity contribution in [1.82, 2.24) is 9.88 Å². The third-order valence-electron chi connectivity index (χ3n) is 3.76. The summed E-state index contributed by atoms with van der Waals surface area (Å²) >= 11 is 0. The van der Waals surface area contributed by atoms with Crippen LogP contribution in [0.4, 0.5) is 0 Å². The van der Waals surface area contributed by atoms with Crippen LogP contribution in [-0.4, -0.2) is 42.5 Å². The van der Waals surface area contributed by atoms with Crippen LogP contribution in [0, 0.1) is 0 Å². The van der Waals surface area contributed by atoms with Gasteiger partial charge in [-0.1, -0.05) is 12.1 Å². The van der Waals surface area contributed by atoms with Gasteiger partial charge in [-0.2, -0.15) is 0 Å². The van der Waals surface area contributed by atoms with Crippen LogP contribution in [-0.2, 0) is 20.9 Å². The molecule has 0 aliphatic rings. The van der Waals surface area contributed by atoms with Crippen molar-refractivity contribution in [2.45, 2.75) is 13.0 Å². The fourth-order valence-corrected chi connectivity index (χ4v) is 2.32. The molecule has 6 heteroatoms. The van der Waals surface area contributed by atoms with Crippen LogP contribution in [0.15, 0.2) is 54.9 Å². The molecular weight excluding hydrogens is 332 g/mol. The van der Waals surface area contributed by atoms with Gasteiger partial charge >= 0.3 is 5.97 Å². The molecule has 2 aromatic rings. The highest BCUT2D eigenvalue weighted by molar-refractivity contribution is 5.92. The molecule has 1 aromatic carbocycles. The molecule has 1 heterocycles. The number of nitrogens with zero attached hydrogens (tertiary/aromatic N) is 2. The maximum absolute atomic E-state index is 12.6. The molecule has 0 aliphatic heterocycles. The molecule has 6 nitrogen and oxygen atoms in total. The van der Waals surface area contributed by atoms with Crippen molar-refractivity contribution >= 4 is 18.0 Å². The zero-order valence-electron chi connectivity index (χ0n) is 14.9. The fraction of sp³-hybridized carbons (Fsp3) is 0.250. The molecule has 26 heavy (non-hydrogen) atoms. The van der Waals surface area contributed by atoms with Gasteiger partial charge in [0, 0.05) is 31.6 Å². The third kappa shape index (κ3) is 6.05. The molecule has 0 atom stereocenters. The van der Waals surface area contributed by atoms with Crippen molar-refractivity contribution in [3.05, 3.63) is 66.0 Å². The Hall–Kier alpha value is -3.15. The molecule has 1 aromatic heterocycles. The number of ether oxygens (including phenoxy) is 2. The van der Waals surface area contributed by atoms with Gasteiger partial charge < -0.3 is 14.4 Å². The summed E-state index contributed by atoms with van der Waals surface area (Å²) in [6.07, 6.45) is 6.70. The first-order valence-corrected chi connectivity index (χ1v) is 8.19. The Morgan fingerprint density at radius 2 is 1.92 bits per heavy atom. The Morgan fingerprint density at radius 1 is 1.15 bits per heavy atom. The number of benzene rings is 1. The van der Waals surface area contributed by atoms with Crippen LogP contribution in [0.5, 0.6) is 5.75 Å². The van der Waals surface area contributed by atoms with E-state index in [-0.39, 0.29) is 24.8 Å². The minimum absolute atomic E-state index is 0.139. The zero-order valence-corrected chi connectivity index (χ0v) is 14.9. The highest BCUT2D eigenvalue weighted by atomic mass is 16.5. The van der Waals surface area contributed by atoms with Crippen molar-refractivity contribution in [1.29, 1.82) is 0 Å². The summed E-state index contributed by atoms with van der Waals surface area (Å²) < 4.78 is 9.85. The number of rotatable bonds is 8. The van der Waals surface area contributed by atoms with Crippen LogP contribution in [0.3, 0.4) is 0 Å². The summed E-state index contributed by atoms with van der Waals surface area (Å²) in [5, 5.41) is 0. The van der Waals surface area contributed by atoms with Gasteiger partial charge in [-0.15, -0.1) is 0 Å². The first-order valence-electron chi connectivity index (χ1n) is 8.19. The summed E-state index contributed by atoms with van der Waals surface area (Å²) in [6, 6.07) is 11.1. The second-order valence-electron chi connectivity index (χ2n) is 5.55. The number of methoxy groups -OCH3 is 2. The van der Waals surface area contributed by atoms with Gasteiger partial charge in [0.15, 0.2) is 0 Å². The molecule has 0 unspecified atom stereocenters. The highest BCUT2D eigenvalue weighted by Gasteiger charge is 2.13. The van der Waals surface area contributed by atoms with Crippen LogP contribution in [0.2, 0.25) is 0 Å². The molecule has 0 saturated heterocycles. The molecule has 1 amide bonds. The van der Waals surface area contributed by atoms with Crippen molar-refractivity contribution in [3.8, 4) is 5.75 Å². The maximum Gasteiger partial charge on any atom is 0.307 e. The van der Waals surface area contributed by atoms with Crippen LogP contribution in [0.1, 0.15) is 17.5 Å². The molecule has 0 bridgehead atoms. The van der Waals surface area contributed by atoms with E-state index in [1.54, 1.807) is 30.5 Å². The smallest absolute Gasteiger partial charge is 0.307 e. The van der Waals surface area contributed by atoms with E-state index in [9.17, 15) is 9.59 Å². The normalized spacial score (nSPS) is 10.5. The number of aromatic nitrogens is 1. The first-order chi connectivity index (χ1) is 12.6. The number of hydrogen-bond donors (Lipinski definition) is 0. The second-order valence-corrected chi connectivity index (χ2v) is 5.55. The van der Waals surface area contributed by atoms with E-state index in [1.165, 1.54) is 13.2 Å². The van der Waals surface area contributed by atoms with Crippen molar-refractivity contribution in [2.24, 2.45) is 0 Å². The summed E-state index contributed by atoms with van der Waals surface area (Å²) in [5.74, 6) is 0.182. The number of esters is 1. The number of carbonyl (C=O) groups is 2. The van der Waals surface area contributed by atoms with Crippen LogP contribution in [0.25, 0.3) is 6.08 Å². The average Bonchev–Trinajstić information content (AvgIpc) is 2.69. The Balaban J connectivity index is 2.10. The van der Waals surface area contributed by atoms with E-state index in [4.69, 9.17) is 4.74 Å². The highest BCUT2D eigenvalue weighted by Crippen LogP contribution is 2.14. The molecular formula is C20H22N2O4. The quantitative estimate of drug-likeness (QED) is 0.538. The van der Waals surface area contributed by atoms with Crippen LogP contribution >= 0.6 is 0 Å². The Kier molecular flexibility index (Phi) is 7.36. The molecule has 0 saturated carbocycles. The van der Waals surface area contributed by atoms with Crippen molar-refractivity contribution in [3.63, 3.8) is 0 Å². The topological polar surface area (TPSA) is 68.7 Å². The SMILES string of the molecule is COC(=O)CCN(Cc1ccncc1)C(=O)/C=C/c1cccc(OC)c1. The van der Waals surface area contributed by atoms with Crippen molar-refractivity contribution in [2.75, 3.05) is 20.8 Å². The average molecular weight is 354 g/mol. The lowest BCUT2D eigenvalue weighted by Gasteiger charge is -2.20. The molecule has 0 N–H and O–H groups in total.